The largest absolute Gasteiger partial charge is 0.483 e. The molecule has 7 heteroatoms. The fourth-order valence-corrected chi connectivity index (χ4v) is 3.58. The summed E-state index contributed by atoms with van der Waals surface area (Å²) in [4.78, 5) is 24.8. The summed E-state index contributed by atoms with van der Waals surface area (Å²) in [6.45, 7) is 2.14. The van der Waals surface area contributed by atoms with E-state index in [1.807, 2.05) is 19.1 Å². The molecule has 2 unspecified atom stereocenters. The molecule has 0 aromatic heterocycles. The summed E-state index contributed by atoms with van der Waals surface area (Å²) in [5.41, 5.74) is 0. The zero-order valence-electron chi connectivity index (χ0n) is 11.4. The molecule has 2 atom stereocenters. The van der Waals surface area contributed by atoms with Gasteiger partial charge in [-0.1, -0.05) is 22.9 Å². The van der Waals surface area contributed by atoms with Gasteiger partial charge in [0.25, 0.3) is 5.91 Å². The Bertz CT molecular complexity index is 564. The lowest BCUT2D eigenvalue weighted by atomic mass is 10.0. The molecule has 0 radical (unpaired) electrons. The Hall–Kier alpha value is -1.08. The van der Waals surface area contributed by atoms with Gasteiger partial charge in [0.2, 0.25) is 0 Å². The van der Waals surface area contributed by atoms with Gasteiger partial charge in [0.05, 0.1) is 4.47 Å². The first-order valence-electron chi connectivity index (χ1n) is 6.50. The van der Waals surface area contributed by atoms with Crippen molar-refractivity contribution in [1.82, 2.24) is 4.90 Å². The number of rotatable bonds is 4. The van der Waals surface area contributed by atoms with E-state index < -0.39 is 12.0 Å². The van der Waals surface area contributed by atoms with Gasteiger partial charge in [-0.05, 0) is 46.5 Å². The van der Waals surface area contributed by atoms with Gasteiger partial charge < -0.3 is 14.7 Å². The van der Waals surface area contributed by atoms with Crippen LogP contribution < -0.4 is 4.74 Å². The minimum absolute atomic E-state index is 0.0362. The Balaban J connectivity index is 2.00. The molecule has 1 N–H and O–H groups in total. The topological polar surface area (TPSA) is 66.8 Å². The highest BCUT2D eigenvalue weighted by molar-refractivity contribution is 9.11. The maximum absolute atomic E-state index is 12.2. The lowest BCUT2D eigenvalue weighted by molar-refractivity contribution is -0.150. The first kappa shape index (κ1) is 16.3. The lowest BCUT2D eigenvalue weighted by Gasteiger charge is -2.23. The number of carbonyl (C=O) groups is 2. The highest BCUT2D eigenvalue weighted by Crippen LogP contribution is 2.29. The number of carboxylic acid groups (broad SMARTS) is 1. The van der Waals surface area contributed by atoms with E-state index in [4.69, 9.17) is 4.74 Å². The summed E-state index contributed by atoms with van der Waals surface area (Å²) in [5, 5.41) is 9.22. The van der Waals surface area contributed by atoms with E-state index in [9.17, 15) is 14.7 Å². The van der Waals surface area contributed by atoms with Crippen molar-refractivity contribution in [1.29, 1.82) is 0 Å². The number of carboxylic acids is 1. The second-order valence-electron chi connectivity index (χ2n) is 5.00. The Kier molecular flexibility index (Phi) is 5.27. The number of hydrogen-bond donors (Lipinski definition) is 1. The number of carbonyl (C=O) groups excluding carboxylic acids is 1. The van der Waals surface area contributed by atoms with Gasteiger partial charge in [0, 0.05) is 11.0 Å². The van der Waals surface area contributed by atoms with Crippen LogP contribution in [0.3, 0.4) is 0 Å². The zero-order chi connectivity index (χ0) is 15.6. The summed E-state index contributed by atoms with van der Waals surface area (Å²) in [6, 6.07) is 4.61. The third-order valence-electron chi connectivity index (χ3n) is 3.52. The maximum atomic E-state index is 12.2. The highest BCUT2D eigenvalue weighted by atomic mass is 79.9. The lowest BCUT2D eigenvalue weighted by Crippen LogP contribution is -2.44. The van der Waals surface area contributed by atoms with Crippen LogP contribution in [0.4, 0.5) is 0 Å². The van der Waals surface area contributed by atoms with Crippen LogP contribution in [0.2, 0.25) is 0 Å². The van der Waals surface area contributed by atoms with Gasteiger partial charge in [-0.15, -0.1) is 0 Å². The van der Waals surface area contributed by atoms with Crippen LogP contribution in [0.15, 0.2) is 27.1 Å². The number of halogens is 2. The zero-order valence-corrected chi connectivity index (χ0v) is 14.6. The quantitative estimate of drug-likeness (QED) is 0.813. The van der Waals surface area contributed by atoms with E-state index in [2.05, 4.69) is 31.9 Å². The molecular formula is C14H15Br2NO4. The first-order valence-corrected chi connectivity index (χ1v) is 8.09. The molecule has 1 fully saturated rings. The van der Waals surface area contributed by atoms with Crippen molar-refractivity contribution < 1.29 is 19.4 Å². The second kappa shape index (κ2) is 6.79. The van der Waals surface area contributed by atoms with Crippen molar-refractivity contribution in [2.24, 2.45) is 5.92 Å². The Morgan fingerprint density at radius 1 is 1.43 bits per heavy atom. The van der Waals surface area contributed by atoms with Gasteiger partial charge in [0.1, 0.15) is 11.8 Å². The van der Waals surface area contributed by atoms with Crippen LogP contribution in [-0.4, -0.2) is 41.1 Å². The molecule has 5 nitrogen and oxygen atoms in total. The molecule has 1 heterocycles. The van der Waals surface area contributed by atoms with Crippen molar-refractivity contribution >= 4 is 43.7 Å². The summed E-state index contributed by atoms with van der Waals surface area (Å²) in [5.74, 6) is -0.753. The molecule has 21 heavy (non-hydrogen) atoms. The van der Waals surface area contributed by atoms with Crippen LogP contribution in [0.5, 0.6) is 5.75 Å². The molecule has 1 aromatic rings. The van der Waals surface area contributed by atoms with Crippen LogP contribution in [0.1, 0.15) is 13.3 Å². The predicted molar refractivity (Wildman–Crippen MR) is 84.3 cm³/mol. The number of benzene rings is 1. The molecular weight excluding hydrogens is 406 g/mol. The summed E-state index contributed by atoms with van der Waals surface area (Å²) in [7, 11) is 0. The van der Waals surface area contributed by atoms with E-state index >= 15 is 0 Å². The monoisotopic (exact) mass is 419 g/mol. The van der Waals surface area contributed by atoms with E-state index in [1.54, 1.807) is 6.07 Å². The SMILES string of the molecule is CC1CCN(C(=O)COc2ccc(Br)cc2Br)C1C(=O)O. The van der Waals surface area contributed by atoms with E-state index in [0.717, 1.165) is 8.95 Å². The molecule has 1 aromatic carbocycles. The Labute approximate surface area is 139 Å². The van der Waals surface area contributed by atoms with Crippen molar-refractivity contribution in [3.05, 3.63) is 27.1 Å². The fraction of sp³-hybridized carbons (Fsp3) is 0.429. The number of ether oxygens (including phenoxy) is 1. The molecule has 1 saturated heterocycles. The van der Waals surface area contributed by atoms with Crippen LogP contribution in [-0.2, 0) is 9.59 Å². The van der Waals surface area contributed by atoms with E-state index in [0.29, 0.717) is 18.7 Å². The number of amides is 1. The maximum Gasteiger partial charge on any atom is 0.326 e. The molecule has 1 aliphatic heterocycles. The number of likely N-dealkylation sites (tertiary alicyclic amines) is 1. The standard InChI is InChI=1S/C14H15Br2NO4/c1-8-4-5-17(13(8)14(19)20)12(18)7-21-11-3-2-9(15)6-10(11)16/h2-3,6,8,13H,4-5,7H2,1H3,(H,19,20). The molecule has 0 bridgehead atoms. The fourth-order valence-electron chi connectivity index (χ4n) is 2.42. The van der Waals surface area contributed by atoms with Crippen molar-refractivity contribution in [2.75, 3.05) is 13.2 Å². The number of nitrogens with zero attached hydrogens (tertiary/aromatic N) is 1. The number of aliphatic carboxylic acids is 1. The minimum atomic E-state index is -0.960. The minimum Gasteiger partial charge on any atom is -0.483 e. The third kappa shape index (κ3) is 3.77. The highest BCUT2D eigenvalue weighted by Gasteiger charge is 2.39. The van der Waals surface area contributed by atoms with E-state index in [-0.39, 0.29) is 18.4 Å². The van der Waals surface area contributed by atoms with Crippen molar-refractivity contribution in [2.45, 2.75) is 19.4 Å². The third-order valence-corrected chi connectivity index (χ3v) is 4.63. The molecule has 1 aliphatic rings. The second-order valence-corrected chi connectivity index (χ2v) is 6.77. The van der Waals surface area contributed by atoms with Crippen LogP contribution in [0.25, 0.3) is 0 Å². The Morgan fingerprint density at radius 3 is 2.76 bits per heavy atom. The molecule has 0 spiro atoms. The summed E-state index contributed by atoms with van der Waals surface area (Å²) in [6.07, 6.45) is 0.699. The summed E-state index contributed by atoms with van der Waals surface area (Å²) >= 11 is 6.69. The van der Waals surface area contributed by atoms with Gasteiger partial charge in [-0.2, -0.15) is 0 Å². The van der Waals surface area contributed by atoms with Gasteiger partial charge in [-0.3, -0.25) is 4.79 Å². The smallest absolute Gasteiger partial charge is 0.326 e. The average molecular weight is 421 g/mol. The molecule has 2 rings (SSSR count). The first-order chi connectivity index (χ1) is 9.90. The van der Waals surface area contributed by atoms with Gasteiger partial charge in [-0.25, -0.2) is 4.79 Å². The van der Waals surface area contributed by atoms with Crippen LogP contribution >= 0.6 is 31.9 Å². The molecule has 114 valence electrons. The predicted octanol–water partition coefficient (Wildman–Crippen LogP) is 2.91. The van der Waals surface area contributed by atoms with Gasteiger partial charge in [0.15, 0.2) is 6.61 Å². The van der Waals surface area contributed by atoms with Gasteiger partial charge >= 0.3 is 5.97 Å². The van der Waals surface area contributed by atoms with Crippen molar-refractivity contribution in [3.8, 4) is 5.75 Å². The molecule has 1 amide bonds. The average Bonchev–Trinajstić information content (AvgIpc) is 2.79. The van der Waals surface area contributed by atoms with E-state index in [1.165, 1.54) is 4.90 Å². The molecule has 0 aliphatic carbocycles. The normalized spacial score (nSPS) is 21.4. The Morgan fingerprint density at radius 2 is 2.14 bits per heavy atom. The van der Waals surface area contributed by atoms with Crippen LogP contribution in [0, 0.1) is 5.92 Å². The van der Waals surface area contributed by atoms with Crippen molar-refractivity contribution in [3.63, 3.8) is 0 Å². The summed E-state index contributed by atoms with van der Waals surface area (Å²) < 4.78 is 7.10. The number of hydrogen-bond acceptors (Lipinski definition) is 3. The molecule has 0 saturated carbocycles.